The molecular weight excluding hydrogens is 351 g/mol. The molecule has 0 unspecified atom stereocenters. The van der Waals surface area contributed by atoms with E-state index in [0.717, 1.165) is 0 Å². The minimum absolute atomic E-state index is 0.0530. The normalized spacial score (nSPS) is 12.2. The largest absolute Gasteiger partial charge is 0.467 e. The molecule has 1 atom stereocenters. The molecule has 0 fully saturated rings. The Morgan fingerprint density at radius 2 is 2.30 bits per heavy atom. The van der Waals surface area contributed by atoms with Crippen LogP contribution in [0.1, 0.15) is 12.5 Å². The number of carbonyl (C=O) groups excluding carboxylic acids is 1. The van der Waals surface area contributed by atoms with Crippen molar-refractivity contribution in [3.63, 3.8) is 0 Å². The zero-order valence-corrected chi connectivity index (χ0v) is 14.3. The zero-order chi connectivity index (χ0) is 19.4. The molecular formula is C18H15FN6O2. The summed E-state index contributed by atoms with van der Waals surface area (Å²) in [5, 5.41) is 0. The van der Waals surface area contributed by atoms with Crippen molar-refractivity contribution >= 4 is 23.1 Å². The fourth-order valence-corrected chi connectivity index (χ4v) is 2.26. The van der Waals surface area contributed by atoms with Crippen LogP contribution in [0, 0.1) is 12.4 Å². The number of fused-ring (bicyclic) bond motifs is 1. The number of nitrogens with zero attached hydrogens (tertiary/aromatic N) is 4. The van der Waals surface area contributed by atoms with Gasteiger partial charge < -0.3 is 20.3 Å². The lowest BCUT2D eigenvalue weighted by atomic mass is 10.2. The Balaban J connectivity index is 1.91. The van der Waals surface area contributed by atoms with Crippen LogP contribution in [0.25, 0.3) is 33.3 Å². The Hall–Kier alpha value is -3.80. The number of pyridine rings is 1. The Morgan fingerprint density at radius 1 is 1.48 bits per heavy atom. The average Bonchev–Trinajstić information content (AvgIpc) is 3.07. The van der Waals surface area contributed by atoms with Crippen LogP contribution >= 0.6 is 0 Å². The number of rotatable bonds is 6. The van der Waals surface area contributed by atoms with Gasteiger partial charge in [-0.3, -0.25) is 4.79 Å². The number of hydrogen-bond donors (Lipinski definition) is 2. The Bertz CT molecular complexity index is 1070. The van der Waals surface area contributed by atoms with Crippen LogP contribution in [-0.2, 0) is 4.79 Å². The molecule has 3 N–H and O–H groups in total. The second-order valence-corrected chi connectivity index (χ2v) is 5.73. The monoisotopic (exact) mass is 366 g/mol. The molecule has 3 heterocycles. The highest BCUT2D eigenvalue weighted by molar-refractivity contribution is 5.93. The van der Waals surface area contributed by atoms with Crippen LogP contribution in [0.15, 0.2) is 30.7 Å². The van der Waals surface area contributed by atoms with E-state index < -0.39 is 11.7 Å². The maximum atomic E-state index is 14.3. The summed E-state index contributed by atoms with van der Waals surface area (Å²) >= 11 is 0. The van der Waals surface area contributed by atoms with Gasteiger partial charge in [-0.25, -0.2) is 25.9 Å². The van der Waals surface area contributed by atoms with Crippen molar-refractivity contribution in [2.24, 2.45) is 5.73 Å². The highest BCUT2D eigenvalue weighted by Crippen LogP contribution is 2.24. The summed E-state index contributed by atoms with van der Waals surface area (Å²) in [6.07, 6.45) is 7.28. The van der Waals surface area contributed by atoms with Crippen molar-refractivity contribution in [2.45, 2.75) is 13.0 Å². The molecule has 0 saturated heterocycles. The molecule has 0 bridgehead atoms. The second kappa shape index (κ2) is 7.61. The van der Waals surface area contributed by atoms with Gasteiger partial charge in [-0.15, -0.1) is 0 Å². The molecule has 27 heavy (non-hydrogen) atoms. The molecule has 0 radical (unpaired) electrons. The van der Waals surface area contributed by atoms with E-state index in [9.17, 15) is 9.18 Å². The first-order chi connectivity index (χ1) is 13.0. The molecule has 0 spiro atoms. The minimum Gasteiger partial charge on any atom is -0.467 e. The quantitative estimate of drug-likeness (QED) is 0.514. The van der Waals surface area contributed by atoms with Crippen molar-refractivity contribution in [3.05, 3.63) is 53.5 Å². The van der Waals surface area contributed by atoms with Crippen LogP contribution in [0.3, 0.4) is 0 Å². The fourth-order valence-electron chi connectivity index (χ4n) is 2.26. The highest BCUT2D eigenvalue weighted by Gasteiger charge is 2.13. The van der Waals surface area contributed by atoms with Gasteiger partial charge in [-0.1, -0.05) is 0 Å². The van der Waals surface area contributed by atoms with Gasteiger partial charge in [-0.05, 0) is 12.1 Å². The maximum Gasteiger partial charge on any atom is 0.254 e. The predicted molar refractivity (Wildman–Crippen MR) is 96.9 cm³/mol. The Labute approximate surface area is 153 Å². The second-order valence-electron chi connectivity index (χ2n) is 5.73. The van der Waals surface area contributed by atoms with Gasteiger partial charge in [0.25, 0.3) is 11.9 Å². The van der Waals surface area contributed by atoms with Crippen molar-refractivity contribution in [3.8, 4) is 17.1 Å². The molecule has 0 aliphatic heterocycles. The third-order valence-corrected chi connectivity index (χ3v) is 3.62. The number of amides is 1. The summed E-state index contributed by atoms with van der Waals surface area (Å²) in [7, 11) is 0. The standard InChI is InChI=1S/C18H15FN6O2/c1-10(21-2)9-27-18-13(19)5-12(7-24-18)14-8-23-17-16(25-14)11(6-22-17)3-4-15(20)26/h3-8,10H,9H2,1H3,(H2,20,26)(H,22,23)/b4-3+/t10-/m0/s1. The number of nitrogens with two attached hydrogens (primary N) is 1. The van der Waals surface area contributed by atoms with E-state index >= 15 is 0 Å². The number of halogens is 1. The first kappa shape index (κ1) is 18.0. The number of aromatic nitrogens is 4. The smallest absolute Gasteiger partial charge is 0.254 e. The first-order valence-electron chi connectivity index (χ1n) is 7.95. The van der Waals surface area contributed by atoms with Crippen molar-refractivity contribution in [1.29, 1.82) is 0 Å². The van der Waals surface area contributed by atoms with Gasteiger partial charge in [0.05, 0.1) is 11.9 Å². The van der Waals surface area contributed by atoms with Gasteiger partial charge in [-0.2, -0.15) is 0 Å². The summed E-state index contributed by atoms with van der Waals surface area (Å²) in [5.41, 5.74) is 7.58. The lowest BCUT2D eigenvalue weighted by Crippen LogP contribution is -2.11. The van der Waals surface area contributed by atoms with Crippen LogP contribution < -0.4 is 10.5 Å². The lowest BCUT2D eigenvalue weighted by Gasteiger charge is -2.07. The third kappa shape index (κ3) is 4.07. The molecule has 8 nitrogen and oxygen atoms in total. The summed E-state index contributed by atoms with van der Waals surface area (Å²) in [6, 6.07) is 0.853. The van der Waals surface area contributed by atoms with Gasteiger partial charge >= 0.3 is 0 Å². The Morgan fingerprint density at radius 3 is 3.00 bits per heavy atom. The SMILES string of the molecule is [C-]#[N+][C@@H](C)COc1ncc(-c2cnc3[nH]cc(/C=C/C(N)=O)c3n2)cc1F. The van der Waals surface area contributed by atoms with E-state index in [0.29, 0.717) is 28.0 Å². The number of carbonyl (C=O) groups is 1. The van der Waals surface area contributed by atoms with Crippen molar-refractivity contribution in [2.75, 3.05) is 6.61 Å². The number of aromatic amines is 1. The topological polar surface area (TPSA) is 111 Å². The van der Waals surface area contributed by atoms with E-state index in [-0.39, 0.29) is 18.5 Å². The van der Waals surface area contributed by atoms with Gasteiger partial charge in [0.2, 0.25) is 5.91 Å². The number of primary amides is 1. The van der Waals surface area contributed by atoms with Crippen LogP contribution in [0.5, 0.6) is 5.88 Å². The molecule has 0 aromatic carbocycles. The highest BCUT2D eigenvalue weighted by atomic mass is 19.1. The van der Waals surface area contributed by atoms with Crippen LogP contribution in [-0.4, -0.2) is 38.5 Å². The van der Waals surface area contributed by atoms with E-state index in [4.69, 9.17) is 17.0 Å². The molecule has 136 valence electrons. The van der Waals surface area contributed by atoms with E-state index in [1.807, 2.05) is 0 Å². The van der Waals surface area contributed by atoms with Crippen LogP contribution in [0.2, 0.25) is 0 Å². The van der Waals surface area contributed by atoms with Gasteiger partial charge in [0, 0.05) is 36.5 Å². The predicted octanol–water partition coefficient (Wildman–Crippen LogP) is 2.34. The summed E-state index contributed by atoms with van der Waals surface area (Å²) in [5.74, 6) is -1.41. The molecule has 1 amide bonds. The van der Waals surface area contributed by atoms with E-state index in [1.165, 1.54) is 30.6 Å². The zero-order valence-electron chi connectivity index (χ0n) is 14.3. The third-order valence-electron chi connectivity index (χ3n) is 3.62. The Kier molecular flexibility index (Phi) is 5.08. The van der Waals surface area contributed by atoms with E-state index in [2.05, 4.69) is 24.8 Å². The van der Waals surface area contributed by atoms with Crippen molar-refractivity contribution < 1.29 is 13.9 Å². The van der Waals surface area contributed by atoms with Crippen LogP contribution in [0.4, 0.5) is 4.39 Å². The molecule has 0 saturated carbocycles. The lowest BCUT2D eigenvalue weighted by molar-refractivity contribution is -0.113. The number of H-pyrrole nitrogens is 1. The maximum absolute atomic E-state index is 14.3. The minimum atomic E-state index is -0.658. The molecule has 0 aliphatic rings. The van der Waals surface area contributed by atoms with Gasteiger partial charge in [0.1, 0.15) is 5.52 Å². The van der Waals surface area contributed by atoms with Gasteiger partial charge in [0.15, 0.2) is 18.1 Å². The number of nitrogens with one attached hydrogen (secondary N) is 1. The van der Waals surface area contributed by atoms with E-state index in [1.54, 1.807) is 13.1 Å². The summed E-state index contributed by atoms with van der Waals surface area (Å²) < 4.78 is 19.5. The fraction of sp³-hybridized carbons (Fsp3) is 0.167. The van der Waals surface area contributed by atoms with Crippen molar-refractivity contribution in [1.82, 2.24) is 19.9 Å². The molecule has 3 aromatic rings. The number of ether oxygens (including phenoxy) is 1. The summed E-state index contributed by atoms with van der Waals surface area (Å²) in [6.45, 7) is 8.61. The average molecular weight is 366 g/mol. The molecule has 0 aliphatic carbocycles. The summed E-state index contributed by atoms with van der Waals surface area (Å²) in [4.78, 5) is 29.8. The molecule has 9 heteroatoms. The number of hydrogen-bond acceptors (Lipinski definition) is 5. The first-order valence-corrected chi connectivity index (χ1v) is 7.95. The molecule has 3 aromatic heterocycles. The molecule has 3 rings (SSSR count).